The minimum Gasteiger partial charge on any atom is -0.378 e. The average molecular weight is 399 g/mol. The van der Waals surface area contributed by atoms with Gasteiger partial charge in [-0.25, -0.2) is 15.0 Å². The lowest BCUT2D eigenvalue weighted by molar-refractivity contribution is 0.122. The summed E-state index contributed by atoms with van der Waals surface area (Å²) < 4.78 is 5.46. The first-order valence-electron chi connectivity index (χ1n) is 9.91. The van der Waals surface area contributed by atoms with E-state index in [1.807, 2.05) is 30.3 Å². The van der Waals surface area contributed by atoms with Crippen LogP contribution in [0.15, 0.2) is 76.0 Å². The van der Waals surface area contributed by atoms with Gasteiger partial charge in [0.05, 0.1) is 18.9 Å². The molecule has 8 heteroatoms. The molecule has 2 aliphatic rings. The number of azo groups is 1. The third kappa shape index (κ3) is 4.04. The number of aromatic nitrogens is 2. The third-order valence-corrected chi connectivity index (χ3v) is 5.02. The molecule has 0 atom stereocenters. The molecule has 0 spiro atoms. The van der Waals surface area contributed by atoms with Crippen LogP contribution in [0.2, 0.25) is 0 Å². The Kier molecular flexibility index (Phi) is 5.14. The van der Waals surface area contributed by atoms with Crippen LogP contribution in [-0.2, 0) is 4.74 Å². The molecule has 150 valence electrons. The van der Waals surface area contributed by atoms with E-state index in [4.69, 9.17) is 9.72 Å². The maximum Gasteiger partial charge on any atom is 0.227 e. The number of hydrogen-bond acceptors (Lipinski definition) is 8. The van der Waals surface area contributed by atoms with Gasteiger partial charge in [0.15, 0.2) is 12.5 Å². The predicted octanol–water partition coefficient (Wildman–Crippen LogP) is 3.89. The number of morpholine rings is 1. The summed E-state index contributed by atoms with van der Waals surface area (Å²) in [6, 6.07) is 18.2. The van der Waals surface area contributed by atoms with Crippen LogP contribution in [0, 0.1) is 0 Å². The summed E-state index contributed by atoms with van der Waals surface area (Å²) in [6.07, 6.45) is 1.77. The minimum atomic E-state index is 0.405. The Balaban J connectivity index is 1.34. The van der Waals surface area contributed by atoms with Crippen molar-refractivity contribution in [1.29, 1.82) is 0 Å². The van der Waals surface area contributed by atoms with Gasteiger partial charge >= 0.3 is 0 Å². The molecule has 5 rings (SSSR count). The number of anilines is 3. The van der Waals surface area contributed by atoms with E-state index < -0.39 is 0 Å². The topological polar surface area (TPSA) is 87.4 Å². The van der Waals surface area contributed by atoms with Gasteiger partial charge in [-0.3, -0.25) is 0 Å². The zero-order valence-corrected chi connectivity index (χ0v) is 16.4. The molecule has 1 saturated heterocycles. The van der Waals surface area contributed by atoms with Crippen LogP contribution in [-0.4, -0.2) is 48.8 Å². The number of benzene rings is 2. The Labute approximate surface area is 174 Å². The van der Waals surface area contributed by atoms with Gasteiger partial charge in [0.2, 0.25) is 5.95 Å². The van der Waals surface area contributed by atoms with Gasteiger partial charge in [-0.05, 0) is 42.5 Å². The van der Waals surface area contributed by atoms with Crippen LogP contribution >= 0.6 is 0 Å². The summed E-state index contributed by atoms with van der Waals surface area (Å²) in [4.78, 5) is 15.6. The van der Waals surface area contributed by atoms with E-state index in [2.05, 4.69) is 54.7 Å². The molecule has 2 aromatic carbocycles. The molecule has 30 heavy (non-hydrogen) atoms. The second-order valence-corrected chi connectivity index (χ2v) is 6.98. The normalized spacial score (nSPS) is 15.9. The Bertz CT molecular complexity index is 1090. The molecule has 1 aromatic heterocycles. The highest BCUT2D eigenvalue weighted by Crippen LogP contribution is 2.25. The van der Waals surface area contributed by atoms with Crippen LogP contribution in [0.4, 0.5) is 17.3 Å². The lowest BCUT2D eigenvalue weighted by Gasteiger charge is -2.29. The first-order valence-corrected chi connectivity index (χ1v) is 9.91. The summed E-state index contributed by atoms with van der Waals surface area (Å²) in [5, 5.41) is 11.2. The average Bonchev–Trinajstić information content (AvgIpc) is 3.36. The fraction of sp³-hybridized carbons (Fsp3) is 0.227. The van der Waals surface area contributed by atoms with Crippen molar-refractivity contribution in [3.63, 3.8) is 0 Å². The molecule has 1 N–H and O–H groups in total. The van der Waals surface area contributed by atoms with E-state index in [0.717, 1.165) is 48.8 Å². The van der Waals surface area contributed by atoms with Gasteiger partial charge in [-0.1, -0.05) is 12.1 Å². The molecule has 0 aliphatic carbocycles. The lowest BCUT2D eigenvalue weighted by Crippen LogP contribution is -2.36. The number of nitrogens with zero attached hydrogens (tertiary/aromatic N) is 6. The van der Waals surface area contributed by atoms with E-state index >= 15 is 0 Å². The molecular formula is C22H21N7O. The minimum absolute atomic E-state index is 0.405. The highest BCUT2D eigenvalue weighted by atomic mass is 16.5. The van der Waals surface area contributed by atoms with Gasteiger partial charge < -0.3 is 15.0 Å². The van der Waals surface area contributed by atoms with Crippen LogP contribution < -0.4 is 10.2 Å². The lowest BCUT2D eigenvalue weighted by atomic mass is 10.1. The fourth-order valence-corrected chi connectivity index (χ4v) is 3.47. The maximum atomic E-state index is 5.46. The number of aliphatic imine (C=N–C) groups is 1. The molecular weight excluding hydrogens is 378 g/mol. The number of ether oxygens (including phenoxy) is 1. The second kappa shape index (κ2) is 8.38. The zero-order chi connectivity index (χ0) is 20.2. The molecule has 0 unspecified atom stereocenters. The highest BCUT2D eigenvalue weighted by Gasteiger charge is 2.12. The number of hydrogen-bond donors (Lipinski definition) is 1. The van der Waals surface area contributed by atoms with E-state index in [1.165, 1.54) is 5.69 Å². The summed E-state index contributed by atoms with van der Waals surface area (Å²) in [7, 11) is 0. The molecule has 0 saturated carbocycles. The van der Waals surface area contributed by atoms with Gasteiger partial charge in [-0.2, -0.15) is 5.11 Å². The van der Waals surface area contributed by atoms with Crippen molar-refractivity contribution in [2.24, 2.45) is 15.2 Å². The Hall–Kier alpha value is -3.65. The van der Waals surface area contributed by atoms with Crippen LogP contribution in [0.25, 0.3) is 11.3 Å². The van der Waals surface area contributed by atoms with Crippen molar-refractivity contribution >= 4 is 23.2 Å². The smallest absolute Gasteiger partial charge is 0.227 e. The van der Waals surface area contributed by atoms with Crippen molar-refractivity contribution in [1.82, 2.24) is 9.97 Å². The van der Waals surface area contributed by atoms with Crippen molar-refractivity contribution in [3.8, 4) is 11.3 Å². The number of amidine groups is 1. The summed E-state index contributed by atoms with van der Waals surface area (Å²) in [5.74, 6) is 1.22. The Morgan fingerprint density at radius 2 is 1.80 bits per heavy atom. The highest BCUT2D eigenvalue weighted by molar-refractivity contribution is 6.00. The quantitative estimate of drug-likeness (QED) is 0.703. The van der Waals surface area contributed by atoms with E-state index in [9.17, 15) is 0 Å². The standard InChI is InChI=1S/C22H21N7O/c1-2-17(14-19(3-1)29-10-12-30-13-11-29)20-8-9-23-22(27-20)26-18-6-4-16(5-7-18)21-24-15-25-28-21/h1-9,14H,10-13,15H2,(H,23,26,27). The summed E-state index contributed by atoms with van der Waals surface area (Å²) in [5.41, 5.74) is 4.96. The van der Waals surface area contributed by atoms with E-state index in [1.54, 1.807) is 6.20 Å². The largest absolute Gasteiger partial charge is 0.378 e. The first-order chi connectivity index (χ1) is 14.8. The molecule has 3 aromatic rings. The molecule has 0 amide bonds. The first kappa shape index (κ1) is 18.4. The third-order valence-electron chi connectivity index (χ3n) is 5.02. The predicted molar refractivity (Wildman–Crippen MR) is 116 cm³/mol. The monoisotopic (exact) mass is 399 g/mol. The van der Waals surface area contributed by atoms with Crippen molar-refractivity contribution in [2.45, 2.75) is 0 Å². The van der Waals surface area contributed by atoms with Gasteiger partial charge in [0.1, 0.15) is 0 Å². The van der Waals surface area contributed by atoms with Crippen molar-refractivity contribution in [2.75, 3.05) is 43.2 Å². The summed E-state index contributed by atoms with van der Waals surface area (Å²) >= 11 is 0. The summed E-state index contributed by atoms with van der Waals surface area (Å²) in [6.45, 7) is 3.75. The zero-order valence-electron chi connectivity index (χ0n) is 16.4. The van der Waals surface area contributed by atoms with Crippen LogP contribution in [0.3, 0.4) is 0 Å². The second-order valence-electron chi connectivity index (χ2n) is 6.98. The number of rotatable bonds is 5. The SMILES string of the molecule is c1cc(-c2ccnc(Nc3ccc(C4=NCN=N4)cc3)n2)cc(N2CCOCC2)c1. The van der Waals surface area contributed by atoms with Gasteiger partial charge in [0, 0.05) is 41.8 Å². The Morgan fingerprint density at radius 3 is 2.60 bits per heavy atom. The molecule has 3 heterocycles. The molecule has 0 radical (unpaired) electrons. The molecule has 2 aliphatic heterocycles. The molecule has 0 bridgehead atoms. The number of nitrogens with one attached hydrogen (secondary N) is 1. The molecule has 1 fully saturated rings. The fourth-order valence-electron chi connectivity index (χ4n) is 3.47. The maximum absolute atomic E-state index is 5.46. The van der Waals surface area contributed by atoms with Crippen LogP contribution in [0.5, 0.6) is 0 Å². The van der Waals surface area contributed by atoms with E-state index in [-0.39, 0.29) is 0 Å². The van der Waals surface area contributed by atoms with Gasteiger partial charge in [-0.15, -0.1) is 5.11 Å². The Morgan fingerprint density at radius 1 is 0.933 bits per heavy atom. The van der Waals surface area contributed by atoms with Crippen molar-refractivity contribution < 1.29 is 4.74 Å². The van der Waals surface area contributed by atoms with E-state index in [0.29, 0.717) is 18.5 Å². The van der Waals surface area contributed by atoms with Crippen LogP contribution in [0.1, 0.15) is 5.56 Å². The van der Waals surface area contributed by atoms with Gasteiger partial charge in [0.25, 0.3) is 0 Å². The van der Waals surface area contributed by atoms with Crippen molar-refractivity contribution in [3.05, 3.63) is 66.4 Å². The molecule has 8 nitrogen and oxygen atoms in total.